The maximum Gasteiger partial charge on any atom is 0.244 e. The monoisotopic (exact) mass is 309 g/mol. The number of benzene rings is 1. The zero-order chi connectivity index (χ0) is 14.5. The number of carbonyl (C=O) groups excluding carboxylic acids is 1. The van der Waals surface area contributed by atoms with Crippen LogP contribution in [-0.4, -0.2) is 29.5 Å². The minimum Gasteiger partial charge on any atom is -0.497 e. The second-order valence-electron chi connectivity index (χ2n) is 3.84. The number of hydrogen-bond donors (Lipinski definition) is 0. The molecule has 0 unspecified atom stereocenters. The van der Waals surface area contributed by atoms with Gasteiger partial charge >= 0.3 is 0 Å². The van der Waals surface area contributed by atoms with E-state index in [-0.39, 0.29) is 5.12 Å². The molecule has 106 valence electrons. The minimum absolute atomic E-state index is 0.0363. The van der Waals surface area contributed by atoms with Gasteiger partial charge in [0.2, 0.25) is 5.12 Å². The summed E-state index contributed by atoms with van der Waals surface area (Å²) in [6, 6.07) is 5.45. The molecule has 0 atom stereocenters. The molecule has 6 heteroatoms. The molecule has 4 nitrogen and oxygen atoms in total. The summed E-state index contributed by atoms with van der Waals surface area (Å²) in [5, 5.41) is -0.0363. The van der Waals surface area contributed by atoms with Crippen molar-refractivity contribution in [3.8, 4) is 11.5 Å². The highest BCUT2D eigenvalue weighted by Crippen LogP contribution is 2.33. The van der Waals surface area contributed by atoms with Crippen LogP contribution < -0.4 is 9.47 Å². The number of hydrogen-bond acceptors (Lipinski definition) is 6. The molecule has 0 saturated heterocycles. The third-order valence-corrected chi connectivity index (χ3v) is 4.49. The Balaban J connectivity index is 2.36. The topological polar surface area (TPSA) is 47.9 Å². The molecule has 0 amide bonds. The quantitative estimate of drug-likeness (QED) is 0.798. The van der Waals surface area contributed by atoms with Gasteiger partial charge < -0.3 is 9.47 Å². The number of ether oxygens (including phenoxy) is 2. The van der Waals surface area contributed by atoms with Crippen molar-refractivity contribution in [2.75, 3.05) is 20.0 Å². The Morgan fingerprint density at radius 2 is 2.15 bits per heavy atom. The molecule has 0 radical (unpaired) electrons. The Bertz CT molecular complexity index is 582. The van der Waals surface area contributed by atoms with Gasteiger partial charge in [0.05, 0.1) is 14.2 Å². The molecular formula is C14H15NO3S2. The lowest BCUT2D eigenvalue weighted by Gasteiger charge is -2.07. The number of aliphatic imine (C=N–C) groups is 1. The van der Waals surface area contributed by atoms with E-state index < -0.39 is 0 Å². The molecule has 0 fully saturated rings. The largest absolute Gasteiger partial charge is 0.497 e. The second-order valence-corrected chi connectivity index (χ2v) is 6.31. The Labute approximate surface area is 126 Å². The fourth-order valence-electron chi connectivity index (χ4n) is 1.67. The highest BCUT2D eigenvalue weighted by Gasteiger charge is 2.22. The van der Waals surface area contributed by atoms with Crippen molar-refractivity contribution < 1.29 is 14.3 Å². The highest BCUT2D eigenvalue weighted by atomic mass is 32.2. The van der Waals surface area contributed by atoms with Crippen LogP contribution in [0.1, 0.15) is 12.5 Å². The average molecular weight is 309 g/mol. The molecule has 0 spiro atoms. The van der Waals surface area contributed by atoms with Crippen LogP contribution in [0.15, 0.2) is 28.9 Å². The zero-order valence-electron chi connectivity index (χ0n) is 11.5. The molecule has 1 heterocycles. The lowest BCUT2D eigenvalue weighted by Crippen LogP contribution is -1.92. The van der Waals surface area contributed by atoms with Crippen LogP contribution in [0.3, 0.4) is 0 Å². The summed E-state index contributed by atoms with van der Waals surface area (Å²) in [7, 11) is 3.19. The van der Waals surface area contributed by atoms with E-state index >= 15 is 0 Å². The van der Waals surface area contributed by atoms with Crippen molar-refractivity contribution >= 4 is 39.1 Å². The maximum atomic E-state index is 11.9. The molecule has 1 aromatic carbocycles. The van der Waals surface area contributed by atoms with Crippen LogP contribution in [0, 0.1) is 0 Å². The zero-order valence-corrected chi connectivity index (χ0v) is 13.1. The molecular weight excluding hydrogens is 294 g/mol. The van der Waals surface area contributed by atoms with Gasteiger partial charge in [0.25, 0.3) is 0 Å². The van der Waals surface area contributed by atoms with Gasteiger partial charge in [0, 0.05) is 5.56 Å². The molecule has 0 aliphatic carbocycles. The fraction of sp³-hybridized carbons (Fsp3) is 0.286. The van der Waals surface area contributed by atoms with Crippen molar-refractivity contribution in [3.05, 3.63) is 29.5 Å². The van der Waals surface area contributed by atoms with Crippen molar-refractivity contribution in [1.82, 2.24) is 0 Å². The van der Waals surface area contributed by atoms with Crippen LogP contribution in [0.25, 0.3) is 6.08 Å². The van der Waals surface area contributed by atoms with E-state index in [4.69, 9.17) is 9.47 Å². The van der Waals surface area contributed by atoms with E-state index in [2.05, 4.69) is 4.99 Å². The van der Waals surface area contributed by atoms with E-state index in [1.165, 1.54) is 11.8 Å². The summed E-state index contributed by atoms with van der Waals surface area (Å²) in [6.07, 6.45) is 1.74. The van der Waals surface area contributed by atoms with E-state index in [1.54, 1.807) is 32.1 Å². The van der Waals surface area contributed by atoms with Crippen LogP contribution >= 0.6 is 23.5 Å². The Morgan fingerprint density at radius 3 is 2.80 bits per heavy atom. The first-order valence-corrected chi connectivity index (χ1v) is 7.85. The van der Waals surface area contributed by atoms with Crippen LogP contribution in [0.5, 0.6) is 11.5 Å². The predicted molar refractivity (Wildman–Crippen MR) is 85.7 cm³/mol. The summed E-state index contributed by atoms with van der Waals surface area (Å²) in [6.45, 7) is 2.03. The SMILES string of the molecule is CCSC1=N/C(=C\c2cc(OC)ccc2OC)C(=O)S1. The molecule has 1 aromatic rings. The highest BCUT2D eigenvalue weighted by molar-refractivity contribution is 8.45. The fourth-order valence-corrected chi connectivity index (χ4v) is 3.41. The van der Waals surface area contributed by atoms with Crippen molar-refractivity contribution in [2.45, 2.75) is 6.92 Å². The number of nitrogens with zero attached hydrogens (tertiary/aromatic N) is 1. The first-order valence-electron chi connectivity index (χ1n) is 6.05. The summed E-state index contributed by atoms with van der Waals surface area (Å²) in [5.41, 5.74) is 1.22. The van der Waals surface area contributed by atoms with Gasteiger partial charge in [0.15, 0.2) is 0 Å². The van der Waals surface area contributed by atoms with Gasteiger partial charge in [-0.05, 0) is 41.8 Å². The lowest BCUT2D eigenvalue weighted by atomic mass is 10.1. The van der Waals surface area contributed by atoms with Gasteiger partial charge in [-0.3, -0.25) is 4.79 Å². The first kappa shape index (κ1) is 15.0. The number of carbonyl (C=O) groups is 1. The average Bonchev–Trinajstić information content (AvgIpc) is 2.79. The van der Waals surface area contributed by atoms with E-state index in [9.17, 15) is 4.79 Å². The maximum absolute atomic E-state index is 11.9. The normalized spacial score (nSPS) is 16.4. The molecule has 1 aliphatic heterocycles. The van der Waals surface area contributed by atoms with Crippen LogP contribution in [0.2, 0.25) is 0 Å². The lowest BCUT2D eigenvalue weighted by molar-refractivity contribution is -0.107. The van der Waals surface area contributed by atoms with Crippen molar-refractivity contribution in [2.24, 2.45) is 4.99 Å². The Hall–Kier alpha value is -1.40. The predicted octanol–water partition coefficient (Wildman–Crippen LogP) is 3.43. The van der Waals surface area contributed by atoms with Gasteiger partial charge in [-0.2, -0.15) is 0 Å². The third-order valence-electron chi connectivity index (χ3n) is 2.60. The molecule has 0 N–H and O–H groups in total. The van der Waals surface area contributed by atoms with Crippen molar-refractivity contribution in [3.63, 3.8) is 0 Å². The number of methoxy groups -OCH3 is 2. The van der Waals surface area contributed by atoms with Gasteiger partial charge in [0.1, 0.15) is 21.6 Å². The second kappa shape index (κ2) is 6.85. The summed E-state index contributed by atoms with van der Waals surface area (Å²) < 4.78 is 11.3. The van der Waals surface area contributed by atoms with Crippen LogP contribution in [0.4, 0.5) is 0 Å². The Morgan fingerprint density at radius 1 is 1.35 bits per heavy atom. The number of rotatable bonds is 4. The van der Waals surface area contributed by atoms with Crippen molar-refractivity contribution in [1.29, 1.82) is 0 Å². The molecule has 20 heavy (non-hydrogen) atoms. The first-order chi connectivity index (χ1) is 9.67. The standard InChI is InChI=1S/C14H15NO3S2/c1-4-19-14-15-11(13(16)20-14)8-9-7-10(17-2)5-6-12(9)18-3/h5-8H,4H2,1-3H3/b11-8-. The summed E-state index contributed by atoms with van der Waals surface area (Å²) in [4.78, 5) is 16.3. The molecule has 0 bridgehead atoms. The Kier molecular flexibility index (Phi) is 5.14. The van der Waals surface area contributed by atoms with Crippen LogP contribution in [-0.2, 0) is 4.79 Å². The molecule has 1 aliphatic rings. The molecule has 0 aromatic heterocycles. The van der Waals surface area contributed by atoms with Gasteiger partial charge in [-0.25, -0.2) is 4.99 Å². The summed E-state index contributed by atoms with van der Waals surface area (Å²) >= 11 is 2.74. The molecule has 2 rings (SSSR count). The number of thioether (sulfide) groups is 2. The van der Waals surface area contributed by atoms with E-state index in [0.717, 1.165) is 15.7 Å². The smallest absolute Gasteiger partial charge is 0.244 e. The van der Waals surface area contributed by atoms with E-state index in [0.29, 0.717) is 17.2 Å². The summed E-state index contributed by atoms with van der Waals surface area (Å²) in [5.74, 6) is 2.29. The molecule has 0 saturated carbocycles. The van der Waals surface area contributed by atoms with Gasteiger partial charge in [-0.15, -0.1) is 0 Å². The minimum atomic E-state index is -0.0363. The third kappa shape index (κ3) is 3.37. The van der Waals surface area contributed by atoms with Gasteiger partial charge in [-0.1, -0.05) is 18.7 Å². The van der Waals surface area contributed by atoms with E-state index in [1.807, 2.05) is 25.1 Å².